The van der Waals surface area contributed by atoms with Gasteiger partial charge in [0.1, 0.15) is 6.04 Å². The Hall–Kier alpha value is -0.610. The maximum absolute atomic E-state index is 10.7. The van der Waals surface area contributed by atoms with Gasteiger partial charge in [0.15, 0.2) is 0 Å². The Kier molecular flexibility index (Phi) is 3.27. The molecule has 1 N–H and O–H groups in total. The number of rotatable bonds is 2. The first kappa shape index (κ1) is 10.5. The quantitative estimate of drug-likeness (QED) is 0.686. The summed E-state index contributed by atoms with van der Waals surface area (Å²) < 4.78 is 5.51. The van der Waals surface area contributed by atoms with Gasteiger partial charge in [-0.15, -0.1) is 0 Å². The Morgan fingerprint density at radius 3 is 2.31 bits per heavy atom. The van der Waals surface area contributed by atoms with Crippen LogP contribution in [0.1, 0.15) is 20.8 Å². The van der Waals surface area contributed by atoms with E-state index in [1.165, 1.54) is 0 Å². The van der Waals surface area contributed by atoms with Crippen LogP contribution >= 0.6 is 0 Å². The van der Waals surface area contributed by atoms with Gasteiger partial charge in [-0.3, -0.25) is 9.69 Å². The highest BCUT2D eigenvalue weighted by Gasteiger charge is 2.28. The molecule has 1 aliphatic rings. The molecule has 0 aromatic heterocycles. The van der Waals surface area contributed by atoms with E-state index in [1.807, 2.05) is 18.7 Å². The molecule has 1 unspecified atom stereocenters. The zero-order valence-electron chi connectivity index (χ0n) is 8.36. The van der Waals surface area contributed by atoms with E-state index in [4.69, 9.17) is 9.84 Å². The molecule has 4 heteroatoms. The zero-order valence-corrected chi connectivity index (χ0v) is 8.36. The molecule has 0 bridgehead atoms. The second kappa shape index (κ2) is 4.07. The lowest BCUT2D eigenvalue weighted by Gasteiger charge is -2.37. The third-order valence-electron chi connectivity index (χ3n) is 2.35. The number of carboxylic acids is 1. The molecule has 1 saturated heterocycles. The van der Waals surface area contributed by atoms with Crippen LogP contribution in [0, 0.1) is 0 Å². The minimum atomic E-state index is -0.763. The highest BCUT2D eigenvalue weighted by Crippen LogP contribution is 2.13. The van der Waals surface area contributed by atoms with Gasteiger partial charge in [-0.1, -0.05) is 0 Å². The number of nitrogens with zero attached hydrogens (tertiary/aromatic N) is 1. The maximum atomic E-state index is 10.7. The van der Waals surface area contributed by atoms with E-state index >= 15 is 0 Å². The topological polar surface area (TPSA) is 49.8 Å². The van der Waals surface area contributed by atoms with Gasteiger partial charge in [-0.05, 0) is 20.8 Å². The molecule has 76 valence electrons. The van der Waals surface area contributed by atoms with Crippen LogP contribution in [0.5, 0.6) is 0 Å². The average Bonchev–Trinajstić information content (AvgIpc) is 2.01. The molecule has 4 nitrogen and oxygen atoms in total. The molecule has 1 aliphatic heterocycles. The molecule has 0 aromatic rings. The molecule has 0 spiro atoms. The molecule has 0 radical (unpaired) electrons. The van der Waals surface area contributed by atoms with Crippen molar-refractivity contribution in [2.45, 2.75) is 39.0 Å². The van der Waals surface area contributed by atoms with Crippen LogP contribution in [-0.2, 0) is 9.53 Å². The van der Waals surface area contributed by atoms with Crippen molar-refractivity contribution in [2.24, 2.45) is 0 Å². The Morgan fingerprint density at radius 1 is 1.46 bits per heavy atom. The molecule has 0 saturated carbocycles. The van der Waals surface area contributed by atoms with Crippen molar-refractivity contribution >= 4 is 5.97 Å². The lowest BCUT2D eigenvalue weighted by Crippen LogP contribution is -2.51. The summed E-state index contributed by atoms with van der Waals surface area (Å²) in [6.45, 7) is 7.07. The summed E-state index contributed by atoms with van der Waals surface area (Å²) in [4.78, 5) is 12.7. The van der Waals surface area contributed by atoms with Crippen molar-refractivity contribution in [3.63, 3.8) is 0 Å². The summed E-state index contributed by atoms with van der Waals surface area (Å²) >= 11 is 0. The first-order valence-corrected chi connectivity index (χ1v) is 4.63. The Balaban J connectivity index is 2.54. The van der Waals surface area contributed by atoms with Crippen LogP contribution in [0.25, 0.3) is 0 Å². The average molecular weight is 187 g/mol. The van der Waals surface area contributed by atoms with Gasteiger partial charge in [-0.2, -0.15) is 0 Å². The summed E-state index contributed by atoms with van der Waals surface area (Å²) in [5.41, 5.74) is 0. The second-order valence-corrected chi connectivity index (χ2v) is 3.73. The van der Waals surface area contributed by atoms with Crippen molar-refractivity contribution in [1.82, 2.24) is 4.90 Å². The van der Waals surface area contributed by atoms with Crippen LogP contribution in [0.15, 0.2) is 0 Å². The molecular formula is C9H17NO3. The van der Waals surface area contributed by atoms with E-state index in [0.29, 0.717) is 13.1 Å². The SMILES string of the molecule is CC(C(=O)O)N1C[C@@H](C)O[C@@H](C)C1. The van der Waals surface area contributed by atoms with E-state index in [1.54, 1.807) is 6.92 Å². The van der Waals surface area contributed by atoms with Gasteiger partial charge < -0.3 is 9.84 Å². The normalized spacial score (nSPS) is 32.8. The van der Waals surface area contributed by atoms with Gasteiger partial charge in [-0.25, -0.2) is 0 Å². The fourth-order valence-corrected chi connectivity index (χ4v) is 1.69. The second-order valence-electron chi connectivity index (χ2n) is 3.73. The van der Waals surface area contributed by atoms with E-state index in [2.05, 4.69) is 0 Å². The molecule has 1 fully saturated rings. The van der Waals surface area contributed by atoms with Crippen molar-refractivity contribution in [1.29, 1.82) is 0 Å². The highest BCUT2D eigenvalue weighted by atomic mass is 16.5. The van der Waals surface area contributed by atoms with Crippen LogP contribution in [0.2, 0.25) is 0 Å². The molecule has 0 amide bonds. The third kappa shape index (κ3) is 2.67. The molecule has 13 heavy (non-hydrogen) atoms. The van der Waals surface area contributed by atoms with E-state index < -0.39 is 12.0 Å². The maximum Gasteiger partial charge on any atom is 0.320 e. The summed E-state index contributed by atoms with van der Waals surface area (Å²) in [7, 11) is 0. The lowest BCUT2D eigenvalue weighted by molar-refractivity contribution is -0.147. The van der Waals surface area contributed by atoms with E-state index in [9.17, 15) is 4.79 Å². The van der Waals surface area contributed by atoms with Crippen molar-refractivity contribution in [3.05, 3.63) is 0 Å². The summed E-state index contributed by atoms with van der Waals surface area (Å²) in [5, 5.41) is 8.82. The summed E-state index contributed by atoms with van der Waals surface area (Å²) in [5.74, 6) is -0.763. The number of ether oxygens (including phenoxy) is 1. The monoisotopic (exact) mass is 187 g/mol. The standard InChI is InChI=1S/C9H17NO3/c1-6-4-10(5-7(2)13-6)8(3)9(11)12/h6-8H,4-5H2,1-3H3,(H,11,12)/t6-,7+,8?. The van der Waals surface area contributed by atoms with Gasteiger partial charge in [0.2, 0.25) is 0 Å². The smallest absolute Gasteiger partial charge is 0.320 e. The lowest BCUT2D eigenvalue weighted by atomic mass is 10.2. The first-order valence-electron chi connectivity index (χ1n) is 4.63. The van der Waals surface area contributed by atoms with Crippen LogP contribution in [0.4, 0.5) is 0 Å². The largest absolute Gasteiger partial charge is 0.480 e. The van der Waals surface area contributed by atoms with E-state index in [-0.39, 0.29) is 12.2 Å². The molecule has 0 aliphatic carbocycles. The van der Waals surface area contributed by atoms with Gasteiger partial charge in [0.05, 0.1) is 12.2 Å². The van der Waals surface area contributed by atoms with Crippen molar-refractivity contribution in [3.8, 4) is 0 Å². The number of hydrogen-bond donors (Lipinski definition) is 1. The number of morpholine rings is 1. The minimum Gasteiger partial charge on any atom is -0.480 e. The minimum absolute atomic E-state index is 0.130. The molecule has 1 heterocycles. The fraction of sp³-hybridized carbons (Fsp3) is 0.889. The van der Waals surface area contributed by atoms with Gasteiger partial charge >= 0.3 is 5.97 Å². The number of carbonyl (C=O) groups is 1. The molecule has 3 atom stereocenters. The van der Waals surface area contributed by atoms with Crippen LogP contribution < -0.4 is 0 Å². The fourth-order valence-electron chi connectivity index (χ4n) is 1.69. The predicted molar refractivity (Wildman–Crippen MR) is 48.7 cm³/mol. The Labute approximate surface area is 78.5 Å². The molecular weight excluding hydrogens is 170 g/mol. The first-order chi connectivity index (χ1) is 6.00. The summed E-state index contributed by atoms with van der Waals surface area (Å²) in [6.07, 6.45) is 0.260. The van der Waals surface area contributed by atoms with Crippen LogP contribution in [0.3, 0.4) is 0 Å². The number of carboxylic acid groups (broad SMARTS) is 1. The molecule has 0 aromatic carbocycles. The Bertz CT molecular complexity index is 185. The zero-order chi connectivity index (χ0) is 10.0. The summed E-state index contributed by atoms with van der Waals surface area (Å²) in [6, 6.07) is -0.409. The third-order valence-corrected chi connectivity index (χ3v) is 2.35. The van der Waals surface area contributed by atoms with Gasteiger partial charge in [0, 0.05) is 13.1 Å². The van der Waals surface area contributed by atoms with Crippen LogP contribution in [-0.4, -0.2) is 47.3 Å². The Morgan fingerprint density at radius 2 is 1.92 bits per heavy atom. The van der Waals surface area contributed by atoms with Crippen molar-refractivity contribution in [2.75, 3.05) is 13.1 Å². The highest BCUT2D eigenvalue weighted by molar-refractivity contribution is 5.72. The van der Waals surface area contributed by atoms with Gasteiger partial charge in [0.25, 0.3) is 0 Å². The predicted octanol–water partition coefficient (Wildman–Crippen LogP) is 0.569. The number of hydrogen-bond acceptors (Lipinski definition) is 3. The van der Waals surface area contributed by atoms with E-state index in [0.717, 1.165) is 0 Å². The molecule has 1 rings (SSSR count). The van der Waals surface area contributed by atoms with Crippen molar-refractivity contribution < 1.29 is 14.6 Å². The number of aliphatic carboxylic acids is 1.